The highest BCUT2D eigenvalue weighted by Crippen LogP contribution is 2.30. The number of nitriles is 1. The normalized spacial score (nSPS) is 12.1. The van der Waals surface area contributed by atoms with E-state index in [-0.39, 0.29) is 6.61 Å². The molecule has 0 aliphatic heterocycles. The van der Waals surface area contributed by atoms with Crippen LogP contribution in [0.25, 0.3) is 0 Å². The Morgan fingerprint density at radius 2 is 2.00 bits per heavy atom. The average Bonchev–Trinajstić information content (AvgIpc) is 2.36. The van der Waals surface area contributed by atoms with Crippen molar-refractivity contribution in [1.29, 1.82) is 5.26 Å². The van der Waals surface area contributed by atoms with Crippen molar-refractivity contribution in [3.05, 3.63) is 23.8 Å². The lowest BCUT2D eigenvalue weighted by atomic mass is 10.2. The van der Waals surface area contributed by atoms with Gasteiger partial charge in [0.05, 0.1) is 18.3 Å². The Morgan fingerprint density at radius 1 is 1.35 bits per heavy atom. The lowest BCUT2D eigenvalue weighted by Crippen LogP contribution is -2.14. The van der Waals surface area contributed by atoms with Crippen molar-refractivity contribution in [1.82, 2.24) is 0 Å². The monoisotopic (exact) mass is 269 g/mol. The van der Waals surface area contributed by atoms with Gasteiger partial charge in [-0.3, -0.25) is 0 Å². The molecule has 1 unspecified atom stereocenters. The van der Waals surface area contributed by atoms with Crippen LogP contribution in [0.1, 0.15) is 12.5 Å². The van der Waals surface area contributed by atoms with Gasteiger partial charge >= 0.3 is 0 Å². The molecule has 1 aromatic carbocycles. The highest BCUT2D eigenvalue weighted by Gasteiger charge is 2.10. The fourth-order valence-corrected chi connectivity index (χ4v) is 3.06. The lowest BCUT2D eigenvalue weighted by molar-refractivity contribution is 0.113. The van der Waals surface area contributed by atoms with E-state index < -0.39 is 6.10 Å². The minimum Gasteiger partial charge on any atom is -0.394 e. The summed E-state index contributed by atoms with van der Waals surface area (Å²) in [6.45, 7) is 1.79. The quantitative estimate of drug-likeness (QED) is 0.774. The van der Waals surface area contributed by atoms with Crippen molar-refractivity contribution in [3.8, 4) is 6.07 Å². The van der Waals surface area contributed by atoms with E-state index in [0.29, 0.717) is 11.3 Å². The minimum absolute atomic E-state index is 0.252. The zero-order valence-corrected chi connectivity index (χ0v) is 11.2. The molecule has 0 aliphatic rings. The average molecular weight is 269 g/mol. The SMILES string of the molecule is CCSc1cccc(SCC(O)CO)c1C#N. The van der Waals surface area contributed by atoms with Gasteiger partial charge < -0.3 is 10.2 Å². The van der Waals surface area contributed by atoms with Crippen LogP contribution in [0.5, 0.6) is 0 Å². The topological polar surface area (TPSA) is 64.2 Å². The summed E-state index contributed by atoms with van der Waals surface area (Å²) >= 11 is 3.03. The third-order valence-corrected chi connectivity index (χ3v) is 4.18. The second-order valence-electron chi connectivity index (χ2n) is 3.32. The van der Waals surface area contributed by atoms with E-state index in [1.807, 2.05) is 25.1 Å². The molecule has 0 saturated carbocycles. The molecule has 1 atom stereocenters. The molecular formula is C12H15NO2S2. The number of nitrogens with zero attached hydrogens (tertiary/aromatic N) is 1. The maximum atomic E-state index is 9.30. The molecule has 0 amide bonds. The lowest BCUT2D eigenvalue weighted by Gasteiger charge is -2.10. The van der Waals surface area contributed by atoms with Gasteiger partial charge in [0.15, 0.2) is 0 Å². The van der Waals surface area contributed by atoms with E-state index in [1.165, 1.54) is 11.8 Å². The third kappa shape index (κ3) is 4.25. The van der Waals surface area contributed by atoms with Crippen LogP contribution in [0, 0.1) is 11.3 Å². The molecule has 0 fully saturated rings. The molecule has 0 heterocycles. The van der Waals surface area contributed by atoms with Gasteiger partial charge in [-0.25, -0.2) is 0 Å². The van der Waals surface area contributed by atoms with Gasteiger partial charge in [-0.15, -0.1) is 23.5 Å². The summed E-state index contributed by atoms with van der Waals surface area (Å²) in [6, 6.07) is 7.91. The van der Waals surface area contributed by atoms with Gasteiger partial charge in [-0.1, -0.05) is 13.0 Å². The number of thioether (sulfide) groups is 2. The minimum atomic E-state index is -0.742. The van der Waals surface area contributed by atoms with Crippen LogP contribution in [-0.2, 0) is 0 Å². The highest BCUT2D eigenvalue weighted by molar-refractivity contribution is 8.00. The number of aliphatic hydroxyl groups is 2. The Balaban J connectivity index is 2.84. The Kier molecular flexibility index (Phi) is 6.45. The second kappa shape index (κ2) is 7.62. The summed E-state index contributed by atoms with van der Waals surface area (Å²) in [5.74, 6) is 1.31. The molecule has 92 valence electrons. The van der Waals surface area contributed by atoms with Crippen LogP contribution in [-0.4, -0.2) is 34.4 Å². The molecule has 0 aliphatic carbocycles. The van der Waals surface area contributed by atoms with Crippen LogP contribution >= 0.6 is 23.5 Å². The molecular weight excluding hydrogens is 254 g/mol. The van der Waals surface area contributed by atoms with Crippen molar-refractivity contribution < 1.29 is 10.2 Å². The molecule has 0 bridgehead atoms. The van der Waals surface area contributed by atoms with Crippen LogP contribution in [0.15, 0.2) is 28.0 Å². The number of rotatable bonds is 6. The first kappa shape index (κ1) is 14.4. The van der Waals surface area contributed by atoms with Gasteiger partial charge in [-0.2, -0.15) is 5.26 Å². The predicted molar refractivity (Wildman–Crippen MR) is 71.4 cm³/mol. The zero-order valence-electron chi connectivity index (χ0n) is 9.59. The Morgan fingerprint density at radius 3 is 2.53 bits per heavy atom. The van der Waals surface area contributed by atoms with Crippen molar-refractivity contribution in [2.45, 2.75) is 22.8 Å². The molecule has 17 heavy (non-hydrogen) atoms. The Hall–Kier alpha value is -0.670. The molecule has 0 aromatic heterocycles. The predicted octanol–water partition coefficient (Wildman–Crippen LogP) is 2.12. The van der Waals surface area contributed by atoms with E-state index in [4.69, 9.17) is 10.4 Å². The maximum Gasteiger partial charge on any atom is 0.101 e. The van der Waals surface area contributed by atoms with E-state index in [1.54, 1.807) is 11.8 Å². The van der Waals surface area contributed by atoms with Crippen LogP contribution < -0.4 is 0 Å². The van der Waals surface area contributed by atoms with E-state index in [9.17, 15) is 5.11 Å². The standard InChI is InChI=1S/C12H15NO2S2/c1-2-16-11-4-3-5-12(10(11)6-13)17-8-9(15)7-14/h3-5,9,14-15H,2,7-8H2,1H3. The van der Waals surface area contributed by atoms with Crippen LogP contribution in [0.2, 0.25) is 0 Å². The van der Waals surface area contributed by atoms with Crippen molar-refractivity contribution in [3.63, 3.8) is 0 Å². The Bertz CT molecular complexity index is 404. The molecule has 5 heteroatoms. The summed E-state index contributed by atoms with van der Waals surface area (Å²) in [5, 5.41) is 27.2. The maximum absolute atomic E-state index is 9.30. The van der Waals surface area contributed by atoms with Crippen molar-refractivity contribution >= 4 is 23.5 Å². The molecule has 1 aromatic rings. The van der Waals surface area contributed by atoms with E-state index >= 15 is 0 Å². The fraction of sp³-hybridized carbons (Fsp3) is 0.417. The van der Waals surface area contributed by atoms with Gasteiger partial charge in [-0.05, 0) is 17.9 Å². The summed E-state index contributed by atoms with van der Waals surface area (Å²) in [4.78, 5) is 1.83. The fourth-order valence-electron chi connectivity index (χ4n) is 1.26. The molecule has 3 nitrogen and oxygen atoms in total. The number of hydrogen-bond donors (Lipinski definition) is 2. The summed E-state index contributed by atoms with van der Waals surface area (Å²) in [5.41, 5.74) is 0.662. The second-order valence-corrected chi connectivity index (χ2v) is 5.69. The van der Waals surface area contributed by atoms with E-state index in [2.05, 4.69) is 6.07 Å². The van der Waals surface area contributed by atoms with E-state index in [0.717, 1.165) is 15.5 Å². The van der Waals surface area contributed by atoms with Crippen molar-refractivity contribution in [2.75, 3.05) is 18.1 Å². The third-order valence-electron chi connectivity index (χ3n) is 2.04. The highest BCUT2D eigenvalue weighted by atomic mass is 32.2. The first-order valence-corrected chi connectivity index (χ1v) is 7.27. The Labute approximate surface area is 110 Å². The van der Waals surface area contributed by atoms with Gasteiger partial charge in [0.2, 0.25) is 0 Å². The van der Waals surface area contributed by atoms with Gasteiger partial charge in [0.1, 0.15) is 6.07 Å². The van der Waals surface area contributed by atoms with Crippen molar-refractivity contribution in [2.24, 2.45) is 0 Å². The first-order valence-electron chi connectivity index (χ1n) is 5.30. The molecule has 0 radical (unpaired) electrons. The van der Waals surface area contributed by atoms with Gasteiger partial charge in [0, 0.05) is 15.5 Å². The molecule has 0 spiro atoms. The number of hydrogen-bond acceptors (Lipinski definition) is 5. The largest absolute Gasteiger partial charge is 0.394 e. The molecule has 0 saturated heterocycles. The van der Waals surface area contributed by atoms with Crippen LogP contribution in [0.4, 0.5) is 0 Å². The molecule has 1 rings (SSSR count). The number of aliphatic hydroxyl groups excluding tert-OH is 2. The number of benzene rings is 1. The van der Waals surface area contributed by atoms with Crippen LogP contribution in [0.3, 0.4) is 0 Å². The molecule has 2 N–H and O–H groups in total. The first-order chi connectivity index (χ1) is 8.22. The smallest absolute Gasteiger partial charge is 0.101 e. The summed E-state index contributed by atoms with van der Waals surface area (Å²) < 4.78 is 0. The van der Waals surface area contributed by atoms with Gasteiger partial charge in [0.25, 0.3) is 0 Å². The zero-order chi connectivity index (χ0) is 12.7. The summed E-state index contributed by atoms with van der Waals surface area (Å²) in [6.07, 6.45) is -0.742. The summed E-state index contributed by atoms with van der Waals surface area (Å²) in [7, 11) is 0.